The zero-order valence-electron chi connectivity index (χ0n) is 18.1. The topological polar surface area (TPSA) is 60.6 Å². The summed E-state index contributed by atoms with van der Waals surface area (Å²) in [6.45, 7) is 5.52. The molecule has 3 aliphatic rings. The molecule has 6 rings (SSSR count). The van der Waals surface area contributed by atoms with E-state index in [1.54, 1.807) is 0 Å². The van der Waals surface area contributed by atoms with Gasteiger partial charge in [-0.1, -0.05) is 12.2 Å². The maximum absolute atomic E-state index is 4.81. The molecule has 3 aromatic heterocycles. The van der Waals surface area contributed by atoms with Crippen LogP contribution in [0, 0.1) is 0 Å². The highest BCUT2D eigenvalue weighted by Gasteiger charge is 2.13. The van der Waals surface area contributed by atoms with Crippen molar-refractivity contribution in [2.75, 3.05) is 13.1 Å². The molecule has 2 N–H and O–H groups in total. The summed E-state index contributed by atoms with van der Waals surface area (Å²) in [6.07, 6.45) is 16.5. The van der Waals surface area contributed by atoms with E-state index in [9.17, 15) is 0 Å². The molecule has 0 amide bonds. The Kier molecular flexibility index (Phi) is 4.65. The zero-order chi connectivity index (χ0) is 22.2. The molecule has 0 spiro atoms. The number of allylic oxidation sites excluding steroid dienone is 2. The van der Waals surface area contributed by atoms with Crippen LogP contribution in [0.25, 0.3) is 51.9 Å². The van der Waals surface area contributed by atoms with Crippen LogP contribution in [0.3, 0.4) is 0 Å². The van der Waals surface area contributed by atoms with E-state index < -0.39 is 0 Å². The van der Waals surface area contributed by atoms with Crippen molar-refractivity contribution in [3.8, 4) is 0 Å². The van der Waals surface area contributed by atoms with Gasteiger partial charge in [-0.3, -0.25) is 0 Å². The minimum absolute atomic E-state index is 0.816. The number of rotatable bonds is 3. The SMILES string of the molecule is C=CCN1C=CC=C(c2cc3cc4nc(cc5ccc(cc6nc(cc2[nH]3)C=C6)[nH]5)C=C4)C1. The molecule has 5 nitrogen and oxygen atoms in total. The maximum atomic E-state index is 4.81. The molecule has 0 aromatic carbocycles. The first-order chi connectivity index (χ1) is 16.2. The quantitative estimate of drug-likeness (QED) is 0.343. The standard InChI is InChI=1S/C28H23N5/c1-2-11-33-12-3-4-19(18-33)27-16-26-15-24-8-7-22(30-24)13-20-5-6-21(29-20)14-23-9-10-25(31-23)17-28(27)32-26/h2-10,12-17,29,32H,1,11,18H2. The van der Waals surface area contributed by atoms with Crippen molar-refractivity contribution in [2.45, 2.75) is 0 Å². The van der Waals surface area contributed by atoms with Crippen LogP contribution in [0.2, 0.25) is 0 Å². The second kappa shape index (κ2) is 7.95. The third kappa shape index (κ3) is 3.96. The molecule has 0 fully saturated rings. The molecule has 0 saturated carbocycles. The molecule has 0 aliphatic carbocycles. The number of aromatic amines is 2. The first-order valence-corrected chi connectivity index (χ1v) is 11.0. The number of nitrogens with zero attached hydrogens (tertiary/aromatic N) is 3. The lowest BCUT2D eigenvalue weighted by Gasteiger charge is -2.23. The summed E-state index contributed by atoms with van der Waals surface area (Å²) in [4.78, 5) is 18.8. The van der Waals surface area contributed by atoms with Gasteiger partial charge in [-0.2, -0.15) is 0 Å². The molecule has 3 aliphatic heterocycles. The van der Waals surface area contributed by atoms with Gasteiger partial charge in [0, 0.05) is 40.7 Å². The Morgan fingerprint density at radius 1 is 0.818 bits per heavy atom. The Morgan fingerprint density at radius 3 is 2.12 bits per heavy atom. The van der Waals surface area contributed by atoms with E-state index in [4.69, 9.17) is 9.97 Å². The fraction of sp³-hybridized carbons (Fsp3) is 0.0714. The lowest BCUT2D eigenvalue weighted by molar-refractivity contribution is 0.465. The van der Waals surface area contributed by atoms with Crippen LogP contribution < -0.4 is 0 Å². The molecule has 0 saturated heterocycles. The van der Waals surface area contributed by atoms with Crippen molar-refractivity contribution in [3.63, 3.8) is 0 Å². The zero-order valence-corrected chi connectivity index (χ0v) is 18.1. The molecule has 0 unspecified atom stereocenters. The van der Waals surface area contributed by atoms with E-state index in [-0.39, 0.29) is 0 Å². The fourth-order valence-corrected chi connectivity index (χ4v) is 4.35. The summed E-state index contributed by atoms with van der Waals surface area (Å²) in [6, 6.07) is 14.6. The number of hydrogen-bond acceptors (Lipinski definition) is 3. The van der Waals surface area contributed by atoms with Crippen LogP contribution >= 0.6 is 0 Å². The molecule has 0 radical (unpaired) electrons. The van der Waals surface area contributed by atoms with Gasteiger partial charge in [0.25, 0.3) is 0 Å². The summed E-state index contributed by atoms with van der Waals surface area (Å²) in [5, 5.41) is 0. The van der Waals surface area contributed by atoms with Gasteiger partial charge in [0.2, 0.25) is 0 Å². The number of H-pyrrole nitrogens is 2. The van der Waals surface area contributed by atoms with Gasteiger partial charge in [0.15, 0.2) is 0 Å². The third-order valence-electron chi connectivity index (χ3n) is 5.85. The van der Waals surface area contributed by atoms with Crippen molar-refractivity contribution in [3.05, 3.63) is 102 Å². The van der Waals surface area contributed by atoms with E-state index in [2.05, 4.69) is 88.3 Å². The van der Waals surface area contributed by atoms with Crippen molar-refractivity contribution in [1.82, 2.24) is 24.8 Å². The molecular formula is C28H23N5. The van der Waals surface area contributed by atoms with E-state index in [1.165, 1.54) is 11.1 Å². The number of hydrogen-bond donors (Lipinski definition) is 2. The monoisotopic (exact) mass is 429 g/mol. The van der Waals surface area contributed by atoms with Gasteiger partial charge in [-0.25, -0.2) is 9.97 Å². The number of nitrogens with one attached hydrogen (secondary N) is 2. The highest BCUT2D eigenvalue weighted by atomic mass is 15.1. The number of fused-ring (bicyclic) bond motifs is 8. The van der Waals surface area contributed by atoms with Gasteiger partial charge in [-0.05, 0) is 84.6 Å². The van der Waals surface area contributed by atoms with Gasteiger partial charge < -0.3 is 14.9 Å². The van der Waals surface area contributed by atoms with Crippen LogP contribution in [0.5, 0.6) is 0 Å². The summed E-state index contributed by atoms with van der Waals surface area (Å²) in [5.74, 6) is 0. The molecule has 3 aromatic rings. The van der Waals surface area contributed by atoms with E-state index >= 15 is 0 Å². The van der Waals surface area contributed by atoms with Gasteiger partial charge in [0.1, 0.15) is 0 Å². The second-order valence-corrected chi connectivity index (χ2v) is 8.34. The van der Waals surface area contributed by atoms with Crippen molar-refractivity contribution in [1.29, 1.82) is 0 Å². The average Bonchev–Trinajstić information content (AvgIpc) is 3.59. The van der Waals surface area contributed by atoms with Gasteiger partial charge >= 0.3 is 0 Å². The van der Waals surface area contributed by atoms with Crippen LogP contribution in [0.15, 0.2) is 73.5 Å². The second-order valence-electron chi connectivity index (χ2n) is 8.34. The minimum atomic E-state index is 0.816. The van der Waals surface area contributed by atoms with Crippen LogP contribution in [0.4, 0.5) is 0 Å². The fourth-order valence-electron chi connectivity index (χ4n) is 4.35. The molecule has 6 heterocycles. The highest BCUT2D eigenvalue weighted by Crippen LogP contribution is 2.27. The Bertz CT molecular complexity index is 1540. The minimum Gasteiger partial charge on any atom is -0.369 e. The molecule has 160 valence electrons. The first kappa shape index (κ1) is 19.3. The lowest BCUT2D eigenvalue weighted by atomic mass is 10.0. The summed E-state index contributed by atoms with van der Waals surface area (Å²) in [7, 11) is 0. The summed E-state index contributed by atoms with van der Waals surface area (Å²) < 4.78 is 0. The van der Waals surface area contributed by atoms with Gasteiger partial charge in [-0.15, -0.1) is 6.58 Å². The summed E-state index contributed by atoms with van der Waals surface area (Å²) >= 11 is 0. The average molecular weight is 430 g/mol. The van der Waals surface area contributed by atoms with Gasteiger partial charge in [0.05, 0.1) is 22.8 Å². The maximum Gasteiger partial charge on any atom is 0.0658 e. The Morgan fingerprint density at radius 2 is 1.45 bits per heavy atom. The molecule has 0 atom stereocenters. The Labute approximate surface area is 191 Å². The largest absolute Gasteiger partial charge is 0.369 e. The molecule has 33 heavy (non-hydrogen) atoms. The van der Waals surface area contributed by atoms with Crippen molar-refractivity contribution in [2.24, 2.45) is 0 Å². The smallest absolute Gasteiger partial charge is 0.0658 e. The summed E-state index contributed by atoms with van der Waals surface area (Å²) in [5.41, 5.74) is 10.2. The molecule has 5 heteroatoms. The van der Waals surface area contributed by atoms with Crippen molar-refractivity contribution < 1.29 is 0 Å². The third-order valence-corrected chi connectivity index (χ3v) is 5.85. The Hall–Kier alpha value is -4.38. The predicted octanol–water partition coefficient (Wildman–Crippen LogP) is 6.05. The van der Waals surface area contributed by atoms with Crippen LogP contribution in [-0.4, -0.2) is 37.9 Å². The molecular weight excluding hydrogens is 406 g/mol. The van der Waals surface area contributed by atoms with Crippen LogP contribution in [-0.2, 0) is 0 Å². The normalized spacial score (nSPS) is 14.5. The first-order valence-electron chi connectivity index (χ1n) is 11.0. The van der Waals surface area contributed by atoms with E-state index in [0.717, 1.165) is 57.9 Å². The Balaban J connectivity index is 1.58. The van der Waals surface area contributed by atoms with E-state index in [1.807, 2.05) is 24.3 Å². The number of aromatic nitrogens is 4. The highest BCUT2D eigenvalue weighted by molar-refractivity contribution is 5.86. The molecule has 8 bridgehead atoms. The van der Waals surface area contributed by atoms with E-state index in [0.29, 0.717) is 0 Å². The van der Waals surface area contributed by atoms with Crippen LogP contribution in [0.1, 0.15) is 28.3 Å². The lowest BCUT2D eigenvalue weighted by Crippen LogP contribution is -2.21. The predicted molar refractivity (Wildman–Crippen MR) is 138 cm³/mol. The van der Waals surface area contributed by atoms with Crippen molar-refractivity contribution >= 4 is 51.9 Å².